The second-order valence-electron chi connectivity index (χ2n) is 3.67. The van der Waals surface area contributed by atoms with Crippen LogP contribution in [0.2, 0.25) is 0 Å². The van der Waals surface area contributed by atoms with Gasteiger partial charge < -0.3 is 9.68 Å². The lowest BCUT2D eigenvalue weighted by Gasteiger charge is -2.03. The molecule has 5 nitrogen and oxygen atoms in total. The van der Waals surface area contributed by atoms with Crippen LogP contribution in [-0.2, 0) is 16.1 Å². The van der Waals surface area contributed by atoms with E-state index in [1.807, 2.05) is 32.0 Å². The summed E-state index contributed by atoms with van der Waals surface area (Å²) < 4.78 is 0. The lowest BCUT2D eigenvalue weighted by atomic mass is 10.2. The Balaban J connectivity index is 2.52. The Bertz CT molecular complexity index is 416. The average molecular weight is 249 g/mol. The summed E-state index contributed by atoms with van der Waals surface area (Å²) in [4.78, 5) is 14.3. The van der Waals surface area contributed by atoms with Gasteiger partial charge in [0, 0.05) is 11.9 Å². The Morgan fingerprint density at radius 1 is 1.44 bits per heavy atom. The molecule has 0 saturated carbocycles. The molecular weight excluding hydrogens is 230 g/mol. The maximum Gasteiger partial charge on any atom is 0.117 e. The van der Waals surface area contributed by atoms with Gasteiger partial charge in [0.2, 0.25) is 0 Å². The zero-order chi connectivity index (χ0) is 13.2. The van der Waals surface area contributed by atoms with E-state index in [-0.39, 0.29) is 0 Å². The van der Waals surface area contributed by atoms with Gasteiger partial charge in [0.1, 0.15) is 19.4 Å². The monoisotopic (exact) mass is 249 g/mol. The molecule has 0 radical (unpaired) electrons. The molecule has 0 aliphatic heterocycles. The molecule has 1 rings (SSSR count). The van der Waals surface area contributed by atoms with Crippen LogP contribution in [-0.4, -0.2) is 30.6 Å². The Kier molecular flexibility index (Phi) is 6.46. The normalized spacial score (nSPS) is 11.8. The van der Waals surface area contributed by atoms with E-state index in [0.717, 1.165) is 29.9 Å². The SMILES string of the molecule is C/C=N\OCCCc1cccc(/C(C)=N/OC)n1. The number of oxime groups is 2. The van der Waals surface area contributed by atoms with Crippen LogP contribution in [0, 0.1) is 0 Å². The van der Waals surface area contributed by atoms with E-state index in [1.165, 1.54) is 7.11 Å². The molecule has 0 aliphatic carbocycles. The molecule has 0 fully saturated rings. The van der Waals surface area contributed by atoms with E-state index in [1.54, 1.807) is 6.21 Å². The molecular formula is C13H19N3O2. The first-order valence-electron chi connectivity index (χ1n) is 5.92. The highest BCUT2D eigenvalue weighted by molar-refractivity contribution is 5.96. The third-order valence-corrected chi connectivity index (χ3v) is 2.25. The summed E-state index contributed by atoms with van der Waals surface area (Å²) >= 11 is 0. The summed E-state index contributed by atoms with van der Waals surface area (Å²) in [6, 6.07) is 5.88. The van der Waals surface area contributed by atoms with Crippen LogP contribution in [0.25, 0.3) is 0 Å². The van der Waals surface area contributed by atoms with Crippen molar-refractivity contribution in [2.75, 3.05) is 13.7 Å². The van der Waals surface area contributed by atoms with E-state index < -0.39 is 0 Å². The van der Waals surface area contributed by atoms with E-state index in [9.17, 15) is 0 Å². The Morgan fingerprint density at radius 2 is 2.28 bits per heavy atom. The summed E-state index contributed by atoms with van der Waals surface area (Å²) in [6.07, 6.45) is 3.37. The van der Waals surface area contributed by atoms with Crippen molar-refractivity contribution < 1.29 is 9.68 Å². The first-order valence-corrected chi connectivity index (χ1v) is 5.92. The largest absolute Gasteiger partial charge is 0.399 e. The van der Waals surface area contributed by atoms with Crippen molar-refractivity contribution in [3.8, 4) is 0 Å². The number of nitrogens with zero attached hydrogens (tertiary/aromatic N) is 3. The fourth-order valence-corrected chi connectivity index (χ4v) is 1.45. The smallest absolute Gasteiger partial charge is 0.117 e. The summed E-state index contributed by atoms with van der Waals surface area (Å²) in [7, 11) is 1.53. The molecule has 0 unspecified atom stereocenters. The Labute approximate surface area is 107 Å². The van der Waals surface area contributed by atoms with Gasteiger partial charge in [0.15, 0.2) is 0 Å². The fraction of sp³-hybridized carbons (Fsp3) is 0.462. The fourth-order valence-electron chi connectivity index (χ4n) is 1.45. The second-order valence-corrected chi connectivity index (χ2v) is 3.67. The van der Waals surface area contributed by atoms with Gasteiger partial charge in [-0.3, -0.25) is 4.98 Å². The third-order valence-electron chi connectivity index (χ3n) is 2.25. The molecule has 5 heteroatoms. The molecule has 1 aromatic rings. The zero-order valence-electron chi connectivity index (χ0n) is 11.1. The zero-order valence-corrected chi connectivity index (χ0v) is 11.1. The highest BCUT2D eigenvalue weighted by atomic mass is 16.6. The van der Waals surface area contributed by atoms with E-state index in [2.05, 4.69) is 15.3 Å². The van der Waals surface area contributed by atoms with Crippen LogP contribution in [0.4, 0.5) is 0 Å². The van der Waals surface area contributed by atoms with Crippen LogP contribution < -0.4 is 0 Å². The summed E-state index contributed by atoms with van der Waals surface area (Å²) in [5, 5.41) is 7.56. The second kappa shape index (κ2) is 8.22. The molecule has 0 N–H and O–H groups in total. The van der Waals surface area contributed by atoms with Gasteiger partial charge in [0.05, 0.1) is 5.69 Å². The number of aryl methyl sites for hydroxylation is 1. The molecule has 18 heavy (non-hydrogen) atoms. The van der Waals surface area contributed by atoms with Gasteiger partial charge in [-0.05, 0) is 38.8 Å². The van der Waals surface area contributed by atoms with Crippen molar-refractivity contribution in [2.45, 2.75) is 26.7 Å². The van der Waals surface area contributed by atoms with Crippen LogP contribution >= 0.6 is 0 Å². The number of hydrogen-bond donors (Lipinski definition) is 0. The summed E-state index contributed by atoms with van der Waals surface area (Å²) in [5.74, 6) is 0. The van der Waals surface area contributed by atoms with Gasteiger partial charge in [-0.1, -0.05) is 16.4 Å². The Hall–Kier alpha value is -1.91. The predicted molar refractivity (Wildman–Crippen MR) is 71.9 cm³/mol. The molecule has 0 atom stereocenters. The number of aromatic nitrogens is 1. The molecule has 0 bridgehead atoms. The highest BCUT2D eigenvalue weighted by Crippen LogP contribution is 2.04. The minimum atomic E-state index is 0.599. The molecule has 98 valence electrons. The first kappa shape index (κ1) is 14.2. The minimum absolute atomic E-state index is 0.599. The van der Waals surface area contributed by atoms with Crippen LogP contribution in [0.3, 0.4) is 0 Å². The standard InChI is InChI=1S/C13H19N3O2/c1-4-14-18-10-6-8-12-7-5-9-13(15-12)11(2)16-17-3/h4-5,7,9H,6,8,10H2,1-3H3/b14-4-,16-11+. The third kappa shape index (κ3) is 4.95. The number of pyridine rings is 1. The van der Waals surface area contributed by atoms with Crippen molar-refractivity contribution in [1.29, 1.82) is 0 Å². The average Bonchev–Trinajstić information content (AvgIpc) is 2.39. The van der Waals surface area contributed by atoms with Gasteiger partial charge in [-0.15, -0.1) is 0 Å². The van der Waals surface area contributed by atoms with E-state index >= 15 is 0 Å². The maximum absolute atomic E-state index is 5.02. The van der Waals surface area contributed by atoms with Crippen LogP contribution in [0.5, 0.6) is 0 Å². The van der Waals surface area contributed by atoms with Crippen LogP contribution in [0.1, 0.15) is 31.7 Å². The Morgan fingerprint density at radius 3 is 3.00 bits per heavy atom. The summed E-state index contributed by atoms with van der Waals surface area (Å²) in [6.45, 7) is 4.29. The quantitative estimate of drug-likeness (QED) is 0.423. The topological polar surface area (TPSA) is 56.1 Å². The van der Waals surface area contributed by atoms with Crippen molar-refractivity contribution in [1.82, 2.24) is 4.98 Å². The van der Waals surface area contributed by atoms with Crippen molar-refractivity contribution in [3.63, 3.8) is 0 Å². The predicted octanol–water partition coefficient (Wildman–Crippen LogP) is 2.41. The maximum atomic E-state index is 5.02. The molecule has 0 aliphatic rings. The van der Waals surface area contributed by atoms with Crippen molar-refractivity contribution in [3.05, 3.63) is 29.6 Å². The highest BCUT2D eigenvalue weighted by Gasteiger charge is 2.02. The summed E-state index contributed by atoms with van der Waals surface area (Å²) in [5.41, 5.74) is 2.62. The van der Waals surface area contributed by atoms with E-state index in [4.69, 9.17) is 9.68 Å². The minimum Gasteiger partial charge on any atom is -0.399 e. The van der Waals surface area contributed by atoms with Crippen molar-refractivity contribution in [2.24, 2.45) is 10.3 Å². The molecule has 0 saturated heterocycles. The van der Waals surface area contributed by atoms with Crippen molar-refractivity contribution >= 4 is 11.9 Å². The lowest BCUT2D eigenvalue weighted by molar-refractivity contribution is 0.143. The van der Waals surface area contributed by atoms with Crippen LogP contribution in [0.15, 0.2) is 28.5 Å². The lowest BCUT2D eigenvalue weighted by Crippen LogP contribution is -2.03. The van der Waals surface area contributed by atoms with Gasteiger partial charge in [-0.25, -0.2) is 0 Å². The van der Waals surface area contributed by atoms with E-state index in [0.29, 0.717) is 6.61 Å². The first-order chi connectivity index (χ1) is 8.77. The molecule has 1 heterocycles. The van der Waals surface area contributed by atoms with Gasteiger partial charge in [0.25, 0.3) is 0 Å². The molecule has 1 aromatic heterocycles. The molecule has 0 aromatic carbocycles. The van der Waals surface area contributed by atoms with Gasteiger partial charge in [-0.2, -0.15) is 0 Å². The number of hydrogen-bond acceptors (Lipinski definition) is 5. The number of rotatable bonds is 7. The molecule has 0 amide bonds. The molecule has 0 spiro atoms. The van der Waals surface area contributed by atoms with Gasteiger partial charge >= 0.3 is 0 Å².